The predicted octanol–water partition coefficient (Wildman–Crippen LogP) is 4.12. The summed E-state index contributed by atoms with van der Waals surface area (Å²) < 4.78 is 47.5. The van der Waals surface area contributed by atoms with E-state index in [1.165, 1.54) is 30.3 Å². The highest BCUT2D eigenvalue weighted by molar-refractivity contribution is 7.92. The number of hydrogen-bond donors (Lipinski definition) is 2. The number of carbonyl (C=O) groups is 1. The lowest BCUT2D eigenvalue weighted by molar-refractivity contribution is -0.121. The number of ether oxygens (including phenoxy) is 1. The zero-order chi connectivity index (χ0) is 22.0. The molecule has 0 fully saturated rings. The van der Waals surface area contributed by atoms with Crippen LogP contribution in [0.3, 0.4) is 0 Å². The number of halogens is 1. The van der Waals surface area contributed by atoms with Gasteiger partial charge in [-0.1, -0.05) is 36.4 Å². The number of carbonyl (C=O) groups excluding carboxylic acids is 1. The lowest BCUT2D eigenvalue weighted by Gasteiger charge is -2.24. The maximum Gasteiger partial charge on any atom is 0.262 e. The molecule has 6 nitrogen and oxygen atoms in total. The predicted molar refractivity (Wildman–Crippen MR) is 116 cm³/mol. The van der Waals surface area contributed by atoms with E-state index >= 15 is 0 Å². The number of rotatable bonds is 5. The topological polar surface area (TPSA) is 84.5 Å². The van der Waals surface area contributed by atoms with Crippen LogP contribution in [0.15, 0.2) is 71.6 Å². The van der Waals surface area contributed by atoms with Gasteiger partial charge in [0.25, 0.3) is 10.0 Å². The lowest BCUT2D eigenvalue weighted by atomic mass is 9.96. The Morgan fingerprint density at radius 2 is 1.81 bits per heavy atom. The molecule has 1 aliphatic heterocycles. The maximum atomic E-state index is 13.9. The molecular weight excluding hydrogens is 419 g/mol. The van der Waals surface area contributed by atoms with Crippen LogP contribution in [0.4, 0.5) is 15.8 Å². The summed E-state index contributed by atoms with van der Waals surface area (Å²) in [5.74, 6) is -0.559. The van der Waals surface area contributed by atoms with Crippen molar-refractivity contribution >= 4 is 27.3 Å². The Kier molecular flexibility index (Phi) is 5.65. The Labute approximate surface area is 180 Å². The minimum absolute atomic E-state index is 0.0428. The van der Waals surface area contributed by atoms with Crippen molar-refractivity contribution in [2.75, 3.05) is 16.6 Å². The first kappa shape index (κ1) is 20.9. The second-order valence-corrected chi connectivity index (χ2v) is 9.03. The summed E-state index contributed by atoms with van der Waals surface area (Å²) >= 11 is 0. The molecule has 2 N–H and O–H groups in total. The fraction of sp³-hybridized carbons (Fsp3) is 0.174. The van der Waals surface area contributed by atoms with E-state index in [9.17, 15) is 17.6 Å². The van der Waals surface area contributed by atoms with Crippen LogP contribution in [0.25, 0.3) is 0 Å². The first-order chi connectivity index (χ1) is 14.8. The summed E-state index contributed by atoms with van der Waals surface area (Å²) in [6, 6.07) is 17.7. The van der Waals surface area contributed by atoms with Gasteiger partial charge < -0.3 is 10.1 Å². The normalized spacial score (nSPS) is 15.5. The number of hydrogen-bond acceptors (Lipinski definition) is 4. The van der Waals surface area contributed by atoms with Crippen molar-refractivity contribution in [2.24, 2.45) is 5.92 Å². The third-order valence-corrected chi connectivity index (χ3v) is 6.62. The number of aryl methyl sites for hydroxylation is 1. The van der Waals surface area contributed by atoms with E-state index in [4.69, 9.17) is 4.74 Å². The average Bonchev–Trinajstić information content (AvgIpc) is 2.76. The molecule has 1 heterocycles. The Balaban J connectivity index is 1.53. The number of fused-ring (bicyclic) bond motifs is 1. The van der Waals surface area contributed by atoms with Crippen molar-refractivity contribution in [3.8, 4) is 5.75 Å². The summed E-state index contributed by atoms with van der Waals surface area (Å²) in [4.78, 5) is 12.7. The minimum atomic E-state index is -4.06. The Morgan fingerprint density at radius 3 is 2.61 bits per heavy atom. The number of nitrogens with one attached hydrogen (secondary N) is 2. The number of para-hydroxylation sites is 2. The van der Waals surface area contributed by atoms with Gasteiger partial charge >= 0.3 is 0 Å². The van der Waals surface area contributed by atoms with Crippen LogP contribution in [-0.4, -0.2) is 20.9 Å². The van der Waals surface area contributed by atoms with Crippen molar-refractivity contribution in [3.63, 3.8) is 0 Å². The van der Waals surface area contributed by atoms with Gasteiger partial charge in [0.05, 0.1) is 16.5 Å². The molecule has 0 saturated carbocycles. The lowest BCUT2D eigenvalue weighted by Crippen LogP contribution is -2.32. The molecule has 1 unspecified atom stereocenters. The van der Waals surface area contributed by atoms with Gasteiger partial charge in [-0.25, -0.2) is 12.8 Å². The van der Waals surface area contributed by atoms with Crippen LogP contribution >= 0.6 is 0 Å². The molecule has 0 bridgehead atoms. The van der Waals surface area contributed by atoms with Crippen molar-refractivity contribution in [1.29, 1.82) is 0 Å². The van der Waals surface area contributed by atoms with Crippen LogP contribution in [0.1, 0.15) is 11.1 Å². The van der Waals surface area contributed by atoms with Gasteiger partial charge in [-0.05, 0) is 54.8 Å². The fourth-order valence-corrected chi connectivity index (χ4v) is 4.79. The third-order valence-electron chi connectivity index (χ3n) is 5.11. The van der Waals surface area contributed by atoms with E-state index in [0.29, 0.717) is 17.7 Å². The van der Waals surface area contributed by atoms with Gasteiger partial charge in [0.1, 0.15) is 18.2 Å². The van der Waals surface area contributed by atoms with Gasteiger partial charge in [0, 0.05) is 5.69 Å². The summed E-state index contributed by atoms with van der Waals surface area (Å²) in [6.45, 7) is 1.88. The number of amides is 1. The Bertz CT molecular complexity index is 1240. The van der Waals surface area contributed by atoms with E-state index in [1.54, 1.807) is 19.1 Å². The van der Waals surface area contributed by atoms with E-state index < -0.39 is 21.8 Å². The molecule has 1 atom stereocenters. The van der Waals surface area contributed by atoms with Crippen LogP contribution in [0.5, 0.6) is 5.75 Å². The summed E-state index contributed by atoms with van der Waals surface area (Å²) in [5.41, 5.74) is 1.62. The number of sulfonamides is 1. The highest BCUT2D eigenvalue weighted by Crippen LogP contribution is 2.28. The number of anilines is 2. The smallest absolute Gasteiger partial charge is 0.262 e. The zero-order valence-electron chi connectivity index (χ0n) is 16.8. The Morgan fingerprint density at radius 1 is 1.06 bits per heavy atom. The number of benzene rings is 3. The summed E-state index contributed by atoms with van der Waals surface area (Å²) in [7, 11) is -4.06. The standard InChI is InChI=1S/C23H21FN2O4S/c1-15-10-11-18(13-22(15)31(28,29)26-20-8-4-3-7-19(20)24)25-23(27)17-12-16-6-2-5-9-21(16)30-14-17/h2-11,13,17,26H,12,14H2,1H3,(H,25,27). The van der Waals surface area contributed by atoms with E-state index in [1.807, 2.05) is 24.3 Å². The third kappa shape index (κ3) is 4.54. The van der Waals surface area contributed by atoms with Crippen LogP contribution < -0.4 is 14.8 Å². The molecule has 1 aliphatic rings. The fourth-order valence-electron chi connectivity index (χ4n) is 3.45. The van der Waals surface area contributed by atoms with E-state index in [-0.39, 0.29) is 23.1 Å². The summed E-state index contributed by atoms with van der Waals surface area (Å²) in [6.07, 6.45) is 0.536. The molecule has 0 aromatic heterocycles. The Hall–Kier alpha value is -3.39. The average molecular weight is 440 g/mol. The largest absolute Gasteiger partial charge is 0.492 e. The maximum absolute atomic E-state index is 13.9. The molecule has 160 valence electrons. The quantitative estimate of drug-likeness (QED) is 0.625. The molecule has 0 spiro atoms. The molecule has 4 rings (SSSR count). The second-order valence-electron chi connectivity index (χ2n) is 7.37. The summed E-state index contributed by atoms with van der Waals surface area (Å²) in [5, 5.41) is 2.77. The van der Waals surface area contributed by atoms with E-state index in [2.05, 4.69) is 10.0 Å². The van der Waals surface area contributed by atoms with Gasteiger partial charge in [0.2, 0.25) is 5.91 Å². The van der Waals surface area contributed by atoms with Crippen molar-refractivity contribution < 1.29 is 22.3 Å². The van der Waals surface area contributed by atoms with Crippen LogP contribution in [0.2, 0.25) is 0 Å². The SMILES string of the molecule is Cc1ccc(NC(=O)C2COc3ccccc3C2)cc1S(=O)(=O)Nc1ccccc1F. The molecule has 3 aromatic rings. The highest BCUT2D eigenvalue weighted by atomic mass is 32.2. The zero-order valence-corrected chi connectivity index (χ0v) is 17.6. The van der Waals surface area contributed by atoms with Gasteiger partial charge in [-0.3, -0.25) is 9.52 Å². The van der Waals surface area contributed by atoms with Gasteiger partial charge in [-0.2, -0.15) is 0 Å². The first-order valence-electron chi connectivity index (χ1n) is 9.73. The van der Waals surface area contributed by atoms with Gasteiger partial charge in [0.15, 0.2) is 0 Å². The second kappa shape index (κ2) is 8.39. The van der Waals surface area contributed by atoms with Crippen LogP contribution in [-0.2, 0) is 21.2 Å². The first-order valence-corrected chi connectivity index (χ1v) is 11.2. The van der Waals surface area contributed by atoms with Crippen LogP contribution in [0, 0.1) is 18.7 Å². The molecule has 8 heteroatoms. The molecule has 0 radical (unpaired) electrons. The monoisotopic (exact) mass is 440 g/mol. The van der Waals surface area contributed by atoms with Crippen molar-refractivity contribution in [1.82, 2.24) is 0 Å². The molecule has 0 aliphatic carbocycles. The highest BCUT2D eigenvalue weighted by Gasteiger charge is 2.26. The van der Waals surface area contributed by atoms with Crippen molar-refractivity contribution in [3.05, 3.63) is 83.7 Å². The van der Waals surface area contributed by atoms with E-state index in [0.717, 1.165) is 11.3 Å². The van der Waals surface area contributed by atoms with Gasteiger partial charge in [-0.15, -0.1) is 0 Å². The molecule has 3 aromatic carbocycles. The minimum Gasteiger partial charge on any atom is -0.492 e. The van der Waals surface area contributed by atoms with Crippen molar-refractivity contribution in [2.45, 2.75) is 18.2 Å². The molecule has 0 saturated heterocycles. The molecule has 31 heavy (non-hydrogen) atoms. The molecule has 1 amide bonds. The molecular formula is C23H21FN2O4S.